The van der Waals surface area contributed by atoms with Crippen molar-refractivity contribution in [1.82, 2.24) is 0 Å². The van der Waals surface area contributed by atoms with E-state index in [-0.39, 0.29) is 0 Å². The van der Waals surface area contributed by atoms with Crippen molar-refractivity contribution in [3.05, 3.63) is 69.8 Å². The predicted molar refractivity (Wildman–Crippen MR) is 111 cm³/mol. The van der Waals surface area contributed by atoms with E-state index in [4.69, 9.17) is 0 Å². The minimum atomic E-state index is 0.318. The third kappa shape index (κ3) is 2.29. The fourth-order valence-corrected chi connectivity index (χ4v) is 5.26. The summed E-state index contributed by atoms with van der Waals surface area (Å²) in [5, 5.41) is 3.88. The van der Waals surface area contributed by atoms with Crippen molar-refractivity contribution in [1.29, 1.82) is 0 Å². The SMILES string of the molecule is CCC(C)CC1=CC2Nc3cc(ccc31)C(C)C1Cc3cc(C)cc2c31. The van der Waals surface area contributed by atoms with Gasteiger partial charge in [0.05, 0.1) is 6.04 Å². The normalized spacial score (nSPS) is 25.8. The van der Waals surface area contributed by atoms with Crippen LogP contribution < -0.4 is 5.32 Å². The molecule has 1 aliphatic carbocycles. The molecule has 1 N–H and O–H groups in total. The van der Waals surface area contributed by atoms with Gasteiger partial charge in [-0.2, -0.15) is 0 Å². The van der Waals surface area contributed by atoms with E-state index in [9.17, 15) is 0 Å². The van der Waals surface area contributed by atoms with E-state index in [2.05, 4.69) is 69.4 Å². The third-order valence-corrected chi connectivity index (χ3v) is 7.05. The highest BCUT2D eigenvalue weighted by molar-refractivity contribution is 5.82. The van der Waals surface area contributed by atoms with Crippen LogP contribution in [0, 0.1) is 12.8 Å². The first-order chi connectivity index (χ1) is 12.5. The van der Waals surface area contributed by atoms with E-state index < -0.39 is 0 Å². The van der Waals surface area contributed by atoms with Gasteiger partial charge in [0.1, 0.15) is 0 Å². The first-order valence-electron chi connectivity index (χ1n) is 10.3. The first-order valence-corrected chi connectivity index (χ1v) is 10.3. The lowest BCUT2D eigenvalue weighted by atomic mass is 9.66. The average molecular weight is 344 g/mol. The molecule has 2 heterocycles. The lowest BCUT2D eigenvalue weighted by Crippen LogP contribution is -2.26. The van der Waals surface area contributed by atoms with Gasteiger partial charge in [-0.25, -0.2) is 0 Å². The molecule has 0 radical (unpaired) electrons. The summed E-state index contributed by atoms with van der Waals surface area (Å²) in [5.41, 5.74) is 11.9. The Bertz CT molecular complexity index is 920. The van der Waals surface area contributed by atoms with Gasteiger partial charge in [-0.1, -0.05) is 63.1 Å². The van der Waals surface area contributed by atoms with Crippen molar-refractivity contribution in [2.24, 2.45) is 5.92 Å². The fraction of sp³-hybridized carbons (Fsp3) is 0.440. The topological polar surface area (TPSA) is 12.0 Å². The Morgan fingerprint density at radius 3 is 2.85 bits per heavy atom. The molecule has 3 bridgehead atoms. The summed E-state index contributed by atoms with van der Waals surface area (Å²) in [6.45, 7) is 9.35. The number of nitrogens with one attached hydrogen (secondary N) is 1. The molecule has 5 rings (SSSR count). The molecule has 4 atom stereocenters. The van der Waals surface area contributed by atoms with Gasteiger partial charge in [-0.05, 0) is 71.4 Å². The number of anilines is 1. The van der Waals surface area contributed by atoms with E-state index >= 15 is 0 Å². The number of hydrogen-bond donors (Lipinski definition) is 1. The first kappa shape index (κ1) is 16.2. The molecule has 0 saturated heterocycles. The van der Waals surface area contributed by atoms with Crippen LogP contribution in [0.3, 0.4) is 0 Å². The van der Waals surface area contributed by atoms with E-state index in [0.717, 1.165) is 5.92 Å². The average Bonchev–Trinajstić information content (AvgIpc) is 2.62. The molecule has 1 heteroatoms. The number of rotatable bonds is 3. The van der Waals surface area contributed by atoms with E-state index in [1.807, 2.05) is 0 Å². The molecule has 2 aromatic carbocycles. The van der Waals surface area contributed by atoms with Gasteiger partial charge in [0.25, 0.3) is 0 Å². The Morgan fingerprint density at radius 2 is 2.04 bits per heavy atom. The summed E-state index contributed by atoms with van der Waals surface area (Å²) in [4.78, 5) is 0. The van der Waals surface area contributed by atoms with Crippen molar-refractivity contribution in [3.8, 4) is 0 Å². The predicted octanol–water partition coefficient (Wildman–Crippen LogP) is 6.74. The zero-order valence-corrected chi connectivity index (χ0v) is 16.4. The van der Waals surface area contributed by atoms with Crippen LogP contribution in [0.2, 0.25) is 0 Å². The lowest BCUT2D eigenvalue weighted by Gasteiger charge is -2.38. The molecular formula is C25H29N. The molecule has 3 aliphatic rings. The number of benzene rings is 2. The number of hydrogen-bond acceptors (Lipinski definition) is 1. The molecule has 134 valence electrons. The van der Waals surface area contributed by atoms with E-state index in [1.165, 1.54) is 52.8 Å². The Kier molecular flexibility index (Phi) is 3.57. The zero-order chi connectivity index (χ0) is 18.0. The second kappa shape index (κ2) is 5.74. The fourth-order valence-electron chi connectivity index (χ4n) is 5.26. The van der Waals surface area contributed by atoms with Crippen LogP contribution in [0.5, 0.6) is 0 Å². The van der Waals surface area contributed by atoms with Crippen LogP contribution >= 0.6 is 0 Å². The molecule has 1 nitrogen and oxygen atoms in total. The van der Waals surface area contributed by atoms with E-state index in [0.29, 0.717) is 17.9 Å². The third-order valence-electron chi connectivity index (χ3n) is 7.05. The number of allylic oxidation sites excluding steroid dienone is 1. The van der Waals surface area contributed by atoms with Gasteiger partial charge in [0.15, 0.2) is 0 Å². The van der Waals surface area contributed by atoms with Crippen LogP contribution in [0.15, 0.2) is 36.4 Å². The molecule has 2 aliphatic heterocycles. The Labute approximate surface area is 157 Å². The van der Waals surface area contributed by atoms with E-state index in [1.54, 1.807) is 11.1 Å². The summed E-state index contributed by atoms with van der Waals surface area (Å²) in [7, 11) is 0. The van der Waals surface area contributed by atoms with Gasteiger partial charge in [-0.3, -0.25) is 0 Å². The standard InChI is InChI=1S/C25H29N/c1-5-14(2)8-18-13-24-22-10-15(3)9-19-11-21(25(19)22)16(4)17-6-7-20(18)23(12-17)26-24/h6-7,9-10,12-14,16,21,24,26H,5,8,11H2,1-4H3. The van der Waals surface area contributed by atoms with Crippen molar-refractivity contribution in [3.63, 3.8) is 0 Å². The van der Waals surface area contributed by atoms with Crippen molar-refractivity contribution < 1.29 is 0 Å². The highest BCUT2D eigenvalue weighted by Crippen LogP contribution is 2.52. The number of fused-ring (bicyclic) bond motifs is 3. The second-order valence-electron chi connectivity index (χ2n) is 8.86. The smallest absolute Gasteiger partial charge is 0.0707 e. The summed E-state index contributed by atoms with van der Waals surface area (Å²) in [5.74, 6) is 1.99. The summed E-state index contributed by atoms with van der Waals surface area (Å²) in [6.07, 6.45) is 6.17. The molecular weight excluding hydrogens is 314 g/mol. The molecule has 0 spiro atoms. The molecule has 4 unspecified atom stereocenters. The van der Waals surface area contributed by atoms with Crippen molar-refractivity contribution in [2.45, 2.75) is 64.8 Å². The summed E-state index contributed by atoms with van der Waals surface area (Å²) >= 11 is 0. The van der Waals surface area contributed by atoms with Crippen LogP contribution in [-0.2, 0) is 6.42 Å². The highest BCUT2D eigenvalue weighted by Gasteiger charge is 2.37. The highest BCUT2D eigenvalue weighted by atomic mass is 14.9. The van der Waals surface area contributed by atoms with Gasteiger partial charge in [-0.15, -0.1) is 0 Å². The molecule has 0 amide bonds. The maximum absolute atomic E-state index is 3.88. The van der Waals surface area contributed by atoms with Crippen molar-refractivity contribution >= 4 is 11.3 Å². The minimum absolute atomic E-state index is 0.318. The molecule has 0 aromatic heterocycles. The maximum Gasteiger partial charge on any atom is 0.0707 e. The maximum atomic E-state index is 3.88. The van der Waals surface area contributed by atoms with Crippen LogP contribution in [0.25, 0.3) is 5.57 Å². The zero-order valence-electron chi connectivity index (χ0n) is 16.4. The Hall–Kier alpha value is -2.02. The molecule has 0 fully saturated rings. The quantitative estimate of drug-likeness (QED) is 0.651. The number of aryl methyl sites for hydroxylation is 1. The van der Waals surface area contributed by atoms with Gasteiger partial charge in [0.2, 0.25) is 0 Å². The largest absolute Gasteiger partial charge is 0.374 e. The minimum Gasteiger partial charge on any atom is -0.374 e. The Morgan fingerprint density at radius 1 is 1.19 bits per heavy atom. The summed E-state index contributed by atoms with van der Waals surface area (Å²) < 4.78 is 0. The second-order valence-corrected chi connectivity index (χ2v) is 8.86. The van der Waals surface area contributed by atoms with Crippen LogP contribution in [-0.4, -0.2) is 0 Å². The molecule has 0 saturated carbocycles. The molecule has 2 aromatic rings. The Balaban J connectivity index is 1.72. The van der Waals surface area contributed by atoms with Crippen LogP contribution in [0.4, 0.5) is 5.69 Å². The van der Waals surface area contributed by atoms with Gasteiger partial charge < -0.3 is 5.32 Å². The van der Waals surface area contributed by atoms with Crippen LogP contribution in [0.1, 0.15) is 84.9 Å². The lowest BCUT2D eigenvalue weighted by molar-refractivity contribution is 0.511. The summed E-state index contributed by atoms with van der Waals surface area (Å²) in [6, 6.07) is 12.4. The molecule has 26 heavy (non-hydrogen) atoms. The van der Waals surface area contributed by atoms with Gasteiger partial charge in [0, 0.05) is 11.3 Å². The van der Waals surface area contributed by atoms with Gasteiger partial charge >= 0.3 is 0 Å². The monoisotopic (exact) mass is 343 g/mol. The van der Waals surface area contributed by atoms with Crippen molar-refractivity contribution in [2.75, 3.05) is 5.32 Å².